The van der Waals surface area contributed by atoms with Gasteiger partial charge >= 0.3 is 0 Å². The lowest BCUT2D eigenvalue weighted by molar-refractivity contribution is -0.907. The highest BCUT2D eigenvalue weighted by Crippen LogP contribution is 2.30. The summed E-state index contributed by atoms with van der Waals surface area (Å²) in [5.74, 6) is 0.681. The highest BCUT2D eigenvalue weighted by Gasteiger charge is 2.21. The van der Waals surface area contributed by atoms with Gasteiger partial charge in [0.25, 0.3) is 11.5 Å². The fraction of sp³-hybridized carbons (Fsp3) is 0.235. The number of H-pyrrole nitrogens is 1. The minimum Gasteiger partial charge on any atom is -0.346 e. The van der Waals surface area contributed by atoms with Gasteiger partial charge in [-0.25, -0.2) is 4.98 Å². The number of hydrogen-bond acceptors (Lipinski definition) is 4. The first-order chi connectivity index (χ1) is 11.7. The number of carbonyl (C=O) groups excluding carboxylic acids is 1. The Labute approximate surface area is 142 Å². The molecule has 2 aromatic heterocycles. The van der Waals surface area contributed by atoms with Gasteiger partial charge in [0.15, 0.2) is 12.4 Å². The molecule has 3 N–H and O–H groups in total. The summed E-state index contributed by atoms with van der Waals surface area (Å²) in [6.45, 7) is 2.48. The van der Waals surface area contributed by atoms with Gasteiger partial charge in [0, 0.05) is 10.9 Å². The van der Waals surface area contributed by atoms with Crippen LogP contribution in [0.15, 0.2) is 40.5 Å². The first kappa shape index (κ1) is 15.0. The van der Waals surface area contributed by atoms with Gasteiger partial charge in [-0.1, -0.05) is 30.3 Å². The van der Waals surface area contributed by atoms with E-state index < -0.39 is 0 Å². The molecule has 1 unspecified atom stereocenters. The number of hydrogen-bond donors (Lipinski definition) is 3. The van der Waals surface area contributed by atoms with Gasteiger partial charge in [-0.05, 0) is 5.56 Å². The van der Waals surface area contributed by atoms with Gasteiger partial charge in [0.05, 0.1) is 18.5 Å². The minimum absolute atomic E-state index is 0.0437. The summed E-state index contributed by atoms with van der Waals surface area (Å²) in [4.78, 5) is 33.4. The smallest absolute Gasteiger partial charge is 0.275 e. The van der Waals surface area contributed by atoms with Crippen molar-refractivity contribution in [3.05, 3.63) is 51.9 Å². The third kappa shape index (κ3) is 2.83. The van der Waals surface area contributed by atoms with Crippen molar-refractivity contribution in [3.63, 3.8) is 0 Å². The van der Waals surface area contributed by atoms with Crippen LogP contribution in [-0.2, 0) is 11.3 Å². The molecule has 0 radical (unpaired) electrons. The number of quaternary nitrogens is 1. The zero-order valence-electron chi connectivity index (χ0n) is 13.0. The van der Waals surface area contributed by atoms with E-state index in [9.17, 15) is 9.59 Å². The number of piperazine rings is 1. The van der Waals surface area contributed by atoms with E-state index in [1.54, 1.807) is 0 Å². The van der Waals surface area contributed by atoms with Gasteiger partial charge < -0.3 is 15.2 Å². The number of nitrogens with one attached hydrogen (secondary N) is 3. The summed E-state index contributed by atoms with van der Waals surface area (Å²) in [6, 6.07) is 9.85. The Morgan fingerprint density at radius 1 is 1.21 bits per heavy atom. The fourth-order valence-electron chi connectivity index (χ4n) is 3.05. The molecule has 1 fully saturated rings. The molecule has 6 nitrogen and oxygen atoms in total. The molecule has 3 heterocycles. The molecular formula is C17H17N4O2S+. The number of fused-ring (bicyclic) bond motifs is 1. The minimum atomic E-state index is -0.115. The Morgan fingerprint density at radius 2 is 2.04 bits per heavy atom. The van der Waals surface area contributed by atoms with Gasteiger partial charge in [-0.2, -0.15) is 0 Å². The second kappa shape index (κ2) is 6.18. The van der Waals surface area contributed by atoms with Gasteiger partial charge in [-0.3, -0.25) is 9.59 Å². The third-order valence-electron chi connectivity index (χ3n) is 4.21. The van der Waals surface area contributed by atoms with E-state index in [0.29, 0.717) is 30.8 Å². The lowest BCUT2D eigenvalue weighted by Crippen LogP contribution is -3.14. The standard InChI is InChI=1S/C17H16N4O2S/c22-14-9-21(7-6-18-14)8-13-19-16(23)15-12(10-24-17(15)20-13)11-4-2-1-3-5-11/h1-5,10H,6-9H2,(H,18,22)(H,19,20,23)/p+1. The van der Waals surface area contributed by atoms with Crippen molar-refractivity contribution in [1.82, 2.24) is 15.3 Å². The molecule has 3 aromatic rings. The zero-order valence-corrected chi connectivity index (χ0v) is 13.8. The lowest BCUT2D eigenvalue weighted by Gasteiger charge is -2.22. The summed E-state index contributed by atoms with van der Waals surface area (Å²) in [5.41, 5.74) is 1.82. The molecule has 1 aliphatic rings. The molecule has 24 heavy (non-hydrogen) atoms. The second-order valence-electron chi connectivity index (χ2n) is 5.91. The highest BCUT2D eigenvalue weighted by molar-refractivity contribution is 7.17. The summed E-state index contributed by atoms with van der Waals surface area (Å²) < 4.78 is 0. The van der Waals surface area contributed by atoms with Crippen LogP contribution in [0.1, 0.15) is 5.82 Å². The Bertz CT molecular complexity index is 948. The lowest BCUT2D eigenvalue weighted by atomic mass is 10.1. The van der Waals surface area contributed by atoms with Gasteiger partial charge in [0.2, 0.25) is 0 Å². The van der Waals surface area contributed by atoms with Crippen LogP contribution in [0.5, 0.6) is 0 Å². The maximum absolute atomic E-state index is 12.6. The molecule has 1 aromatic carbocycles. The Balaban J connectivity index is 1.69. The van der Waals surface area contributed by atoms with Crippen molar-refractivity contribution in [1.29, 1.82) is 0 Å². The number of thiophene rings is 1. The largest absolute Gasteiger partial charge is 0.346 e. The van der Waals surface area contributed by atoms with E-state index in [1.807, 2.05) is 35.7 Å². The zero-order chi connectivity index (χ0) is 16.5. The highest BCUT2D eigenvalue weighted by atomic mass is 32.1. The van der Waals surface area contributed by atoms with Crippen LogP contribution in [-0.4, -0.2) is 35.5 Å². The number of carbonyl (C=O) groups is 1. The topological polar surface area (TPSA) is 79.3 Å². The number of benzene rings is 1. The summed E-state index contributed by atoms with van der Waals surface area (Å²) in [7, 11) is 0. The van der Waals surface area contributed by atoms with E-state index in [-0.39, 0.29) is 11.5 Å². The van der Waals surface area contributed by atoms with Crippen LogP contribution in [0.4, 0.5) is 0 Å². The molecule has 0 spiro atoms. The van der Waals surface area contributed by atoms with Crippen LogP contribution >= 0.6 is 11.3 Å². The van der Waals surface area contributed by atoms with Crippen LogP contribution in [0.3, 0.4) is 0 Å². The van der Waals surface area contributed by atoms with Crippen LogP contribution in [0.25, 0.3) is 21.3 Å². The normalized spacial score (nSPS) is 17.8. The predicted molar refractivity (Wildman–Crippen MR) is 93.1 cm³/mol. The number of nitrogens with zero attached hydrogens (tertiary/aromatic N) is 1. The molecule has 0 bridgehead atoms. The van der Waals surface area contributed by atoms with Crippen molar-refractivity contribution >= 4 is 27.5 Å². The molecular weight excluding hydrogens is 324 g/mol. The van der Waals surface area contributed by atoms with Crippen LogP contribution < -0.4 is 15.8 Å². The Morgan fingerprint density at radius 3 is 2.83 bits per heavy atom. The number of rotatable bonds is 3. The average Bonchev–Trinajstić information content (AvgIpc) is 3.00. The van der Waals surface area contributed by atoms with Crippen molar-refractivity contribution in [2.24, 2.45) is 0 Å². The SMILES string of the molecule is O=C1C[NH+](Cc2nc3scc(-c4ccccc4)c3c(=O)[nH]2)CCN1. The fourth-order valence-corrected chi connectivity index (χ4v) is 4.02. The molecule has 7 heteroatoms. The molecule has 4 rings (SSSR count). The van der Waals surface area contributed by atoms with Crippen molar-refractivity contribution in [3.8, 4) is 11.1 Å². The average molecular weight is 341 g/mol. The monoisotopic (exact) mass is 341 g/mol. The number of aromatic nitrogens is 2. The molecule has 1 amide bonds. The molecule has 0 saturated carbocycles. The predicted octanol–water partition coefficient (Wildman–Crippen LogP) is 0.166. The first-order valence-corrected chi connectivity index (χ1v) is 8.75. The number of amides is 1. The van der Waals surface area contributed by atoms with E-state index in [2.05, 4.69) is 15.3 Å². The Hall–Kier alpha value is -2.51. The summed E-state index contributed by atoms with van der Waals surface area (Å²) in [5, 5.41) is 5.43. The third-order valence-corrected chi connectivity index (χ3v) is 5.08. The van der Waals surface area contributed by atoms with E-state index in [0.717, 1.165) is 27.4 Å². The molecule has 0 aliphatic carbocycles. The van der Waals surface area contributed by atoms with E-state index in [4.69, 9.17) is 0 Å². The van der Waals surface area contributed by atoms with Crippen LogP contribution in [0, 0.1) is 0 Å². The van der Waals surface area contributed by atoms with Gasteiger partial charge in [0.1, 0.15) is 11.4 Å². The molecule has 1 atom stereocenters. The first-order valence-electron chi connectivity index (χ1n) is 7.87. The maximum atomic E-state index is 12.6. The van der Waals surface area contributed by atoms with Crippen molar-refractivity contribution < 1.29 is 9.69 Å². The quantitative estimate of drug-likeness (QED) is 0.635. The van der Waals surface area contributed by atoms with E-state index >= 15 is 0 Å². The number of aromatic amines is 1. The van der Waals surface area contributed by atoms with Gasteiger partial charge in [-0.15, -0.1) is 11.3 Å². The summed E-state index contributed by atoms with van der Waals surface area (Å²) in [6.07, 6.45) is 0. The molecule has 1 aliphatic heterocycles. The summed E-state index contributed by atoms with van der Waals surface area (Å²) >= 11 is 1.48. The maximum Gasteiger partial charge on any atom is 0.275 e. The van der Waals surface area contributed by atoms with Crippen LogP contribution in [0.2, 0.25) is 0 Å². The Kier molecular flexibility index (Phi) is 3.87. The van der Waals surface area contributed by atoms with Crippen molar-refractivity contribution in [2.45, 2.75) is 6.54 Å². The second-order valence-corrected chi connectivity index (χ2v) is 6.77. The molecule has 1 saturated heterocycles. The van der Waals surface area contributed by atoms with E-state index in [1.165, 1.54) is 11.3 Å². The van der Waals surface area contributed by atoms with Crippen molar-refractivity contribution in [2.75, 3.05) is 19.6 Å². The molecule has 122 valence electrons.